The van der Waals surface area contributed by atoms with Crippen molar-refractivity contribution in [3.8, 4) is 0 Å². The Kier molecular flexibility index (Phi) is 3.00. The van der Waals surface area contributed by atoms with Gasteiger partial charge < -0.3 is 5.32 Å². The lowest BCUT2D eigenvalue weighted by atomic mass is 10.4. The number of hydrogen-bond donors (Lipinski definition) is 1. The SMILES string of the molecule is Cn1ncc2c(NCc3ccc(Br)s3)ncnc21. The van der Waals surface area contributed by atoms with Crippen molar-refractivity contribution in [2.75, 3.05) is 5.32 Å². The molecule has 0 aromatic carbocycles. The van der Waals surface area contributed by atoms with Gasteiger partial charge in [-0.15, -0.1) is 11.3 Å². The second-order valence-electron chi connectivity index (χ2n) is 3.79. The Balaban J connectivity index is 1.86. The molecule has 0 bridgehead atoms. The van der Waals surface area contributed by atoms with Gasteiger partial charge in [0.15, 0.2) is 5.65 Å². The molecule has 0 amide bonds. The number of hydrogen-bond acceptors (Lipinski definition) is 5. The molecule has 0 saturated heterocycles. The number of anilines is 1. The zero-order chi connectivity index (χ0) is 12.5. The molecule has 7 heteroatoms. The van der Waals surface area contributed by atoms with Crippen molar-refractivity contribution in [1.82, 2.24) is 19.7 Å². The van der Waals surface area contributed by atoms with Gasteiger partial charge in [0.05, 0.1) is 21.9 Å². The molecule has 0 aliphatic rings. The number of nitrogens with zero attached hydrogens (tertiary/aromatic N) is 4. The van der Waals surface area contributed by atoms with Crippen LogP contribution < -0.4 is 5.32 Å². The minimum absolute atomic E-state index is 0.747. The van der Waals surface area contributed by atoms with E-state index in [1.165, 1.54) is 4.88 Å². The molecule has 1 N–H and O–H groups in total. The van der Waals surface area contributed by atoms with Gasteiger partial charge in [-0.05, 0) is 28.1 Å². The molecule has 0 fully saturated rings. The third-order valence-corrected chi connectivity index (χ3v) is 4.21. The number of aromatic nitrogens is 4. The Bertz CT molecular complexity index is 690. The maximum absolute atomic E-state index is 4.26. The fraction of sp³-hybridized carbons (Fsp3) is 0.182. The molecule has 0 unspecified atom stereocenters. The molecule has 5 nitrogen and oxygen atoms in total. The first-order valence-corrected chi connectivity index (χ1v) is 6.96. The summed E-state index contributed by atoms with van der Waals surface area (Å²) >= 11 is 5.16. The molecule has 3 aromatic heterocycles. The summed E-state index contributed by atoms with van der Waals surface area (Å²) in [5.74, 6) is 0.817. The van der Waals surface area contributed by atoms with E-state index in [0.29, 0.717) is 0 Å². The molecular formula is C11H10BrN5S. The Morgan fingerprint density at radius 1 is 1.39 bits per heavy atom. The standard InChI is InChI=1S/C11H10BrN5S/c1-17-11-8(5-16-17)10(14-6-15-11)13-4-7-2-3-9(12)18-7/h2-3,5-6H,4H2,1H3,(H,13,14,15). The Labute approximate surface area is 116 Å². The fourth-order valence-electron chi connectivity index (χ4n) is 1.72. The van der Waals surface area contributed by atoms with Crippen LogP contribution in [-0.4, -0.2) is 19.7 Å². The second-order valence-corrected chi connectivity index (χ2v) is 6.33. The number of aryl methyl sites for hydroxylation is 1. The van der Waals surface area contributed by atoms with Gasteiger partial charge in [0.25, 0.3) is 0 Å². The van der Waals surface area contributed by atoms with Gasteiger partial charge in [-0.25, -0.2) is 9.97 Å². The van der Waals surface area contributed by atoms with E-state index in [4.69, 9.17) is 0 Å². The first kappa shape index (κ1) is 11.6. The van der Waals surface area contributed by atoms with Crippen molar-refractivity contribution >= 4 is 44.1 Å². The number of thiophene rings is 1. The summed E-state index contributed by atoms with van der Waals surface area (Å²) < 4.78 is 2.87. The van der Waals surface area contributed by atoms with Crippen molar-refractivity contribution in [2.45, 2.75) is 6.54 Å². The van der Waals surface area contributed by atoms with Gasteiger partial charge in [0.1, 0.15) is 12.1 Å². The fourth-order valence-corrected chi connectivity index (χ4v) is 3.14. The quantitative estimate of drug-likeness (QED) is 0.805. The molecule has 92 valence electrons. The minimum Gasteiger partial charge on any atom is -0.364 e. The Morgan fingerprint density at radius 2 is 2.28 bits per heavy atom. The molecule has 3 heterocycles. The third kappa shape index (κ3) is 2.11. The van der Waals surface area contributed by atoms with E-state index in [9.17, 15) is 0 Å². The smallest absolute Gasteiger partial charge is 0.163 e. The molecule has 3 aromatic rings. The highest BCUT2D eigenvalue weighted by Gasteiger charge is 2.07. The summed E-state index contributed by atoms with van der Waals surface area (Å²) in [5.41, 5.74) is 0.833. The highest BCUT2D eigenvalue weighted by Crippen LogP contribution is 2.24. The number of nitrogens with one attached hydrogen (secondary N) is 1. The summed E-state index contributed by atoms with van der Waals surface area (Å²) in [5, 5.41) is 8.44. The Morgan fingerprint density at radius 3 is 3.06 bits per heavy atom. The lowest BCUT2D eigenvalue weighted by molar-refractivity contribution is 0.785. The highest BCUT2D eigenvalue weighted by molar-refractivity contribution is 9.11. The molecule has 0 aliphatic carbocycles. The minimum atomic E-state index is 0.747. The maximum atomic E-state index is 4.26. The Hall–Kier alpha value is -1.47. The van der Waals surface area contributed by atoms with E-state index < -0.39 is 0 Å². The van der Waals surface area contributed by atoms with Crippen LogP contribution in [0.4, 0.5) is 5.82 Å². The van der Waals surface area contributed by atoms with Gasteiger partial charge in [-0.1, -0.05) is 0 Å². The van der Waals surface area contributed by atoms with E-state index in [0.717, 1.165) is 27.2 Å². The topological polar surface area (TPSA) is 55.6 Å². The van der Waals surface area contributed by atoms with E-state index >= 15 is 0 Å². The van der Waals surface area contributed by atoms with Crippen molar-refractivity contribution in [2.24, 2.45) is 7.05 Å². The van der Waals surface area contributed by atoms with Gasteiger partial charge in [0.2, 0.25) is 0 Å². The predicted octanol–water partition coefficient (Wildman–Crippen LogP) is 2.80. The average Bonchev–Trinajstić information content (AvgIpc) is 2.94. The lowest BCUT2D eigenvalue weighted by Gasteiger charge is -2.04. The molecule has 18 heavy (non-hydrogen) atoms. The predicted molar refractivity (Wildman–Crippen MR) is 75.6 cm³/mol. The van der Waals surface area contributed by atoms with Crippen LogP contribution in [0.25, 0.3) is 11.0 Å². The van der Waals surface area contributed by atoms with Crippen LogP contribution in [0.3, 0.4) is 0 Å². The van der Waals surface area contributed by atoms with Crippen molar-refractivity contribution < 1.29 is 0 Å². The van der Waals surface area contributed by atoms with Crippen LogP contribution in [-0.2, 0) is 13.6 Å². The van der Waals surface area contributed by atoms with Crippen LogP contribution in [0, 0.1) is 0 Å². The summed E-state index contributed by atoms with van der Waals surface area (Å²) in [6, 6.07) is 4.13. The molecule has 3 rings (SSSR count). The normalized spacial score (nSPS) is 11.0. The maximum Gasteiger partial charge on any atom is 0.163 e. The van der Waals surface area contributed by atoms with E-state index in [2.05, 4.69) is 42.4 Å². The van der Waals surface area contributed by atoms with Crippen molar-refractivity contribution in [1.29, 1.82) is 0 Å². The van der Waals surface area contributed by atoms with Crippen LogP contribution >= 0.6 is 27.3 Å². The monoisotopic (exact) mass is 323 g/mol. The molecular weight excluding hydrogens is 314 g/mol. The zero-order valence-electron chi connectivity index (χ0n) is 9.59. The molecule has 0 radical (unpaired) electrons. The van der Waals surface area contributed by atoms with Crippen molar-refractivity contribution in [3.05, 3.63) is 33.3 Å². The summed E-state index contributed by atoms with van der Waals surface area (Å²) in [7, 11) is 1.87. The van der Waals surface area contributed by atoms with Gasteiger partial charge in [-0.3, -0.25) is 4.68 Å². The van der Waals surface area contributed by atoms with Crippen molar-refractivity contribution in [3.63, 3.8) is 0 Å². The molecule has 0 spiro atoms. The number of fused-ring (bicyclic) bond motifs is 1. The second kappa shape index (κ2) is 4.66. The van der Waals surface area contributed by atoms with Crippen LogP contribution in [0.1, 0.15) is 4.88 Å². The molecule has 0 aliphatic heterocycles. The highest BCUT2D eigenvalue weighted by atomic mass is 79.9. The number of rotatable bonds is 3. The summed E-state index contributed by atoms with van der Waals surface area (Å²) in [4.78, 5) is 9.71. The number of halogens is 1. The first-order valence-electron chi connectivity index (χ1n) is 5.35. The van der Waals surface area contributed by atoms with Gasteiger partial charge in [0, 0.05) is 11.9 Å². The molecule has 0 saturated carbocycles. The lowest BCUT2D eigenvalue weighted by Crippen LogP contribution is -2.01. The van der Waals surface area contributed by atoms with E-state index in [1.54, 1.807) is 28.5 Å². The van der Waals surface area contributed by atoms with E-state index in [-0.39, 0.29) is 0 Å². The molecule has 0 atom stereocenters. The van der Waals surface area contributed by atoms with Crippen LogP contribution in [0.15, 0.2) is 28.4 Å². The first-order chi connectivity index (χ1) is 8.74. The van der Waals surface area contributed by atoms with Gasteiger partial charge >= 0.3 is 0 Å². The third-order valence-electron chi connectivity index (χ3n) is 2.59. The van der Waals surface area contributed by atoms with Crippen LogP contribution in [0.2, 0.25) is 0 Å². The van der Waals surface area contributed by atoms with E-state index in [1.807, 2.05) is 13.1 Å². The summed E-state index contributed by atoms with van der Waals surface area (Å²) in [6.07, 6.45) is 3.33. The van der Waals surface area contributed by atoms with Crippen LogP contribution in [0.5, 0.6) is 0 Å². The zero-order valence-corrected chi connectivity index (χ0v) is 12.0. The largest absolute Gasteiger partial charge is 0.364 e. The summed E-state index contributed by atoms with van der Waals surface area (Å²) in [6.45, 7) is 0.747. The average molecular weight is 324 g/mol. The van der Waals surface area contributed by atoms with Gasteiger partial charge in [-0.2, -0.15) is 5.10 Å².